The molecule has 1 aromatic rings. The SMILES string of the molecule is C/C=C1\C(=C/C)Sc2ccccc2C1CC. The van der Waals surface area contributed by atoms with Crippen LogP contribution in [0, 0.1) is 0 Å². The molecule has 1 aliphatic heterocycles. The molecule has 0 aliphatic carbocycles. The molecule has 0 saturated heterocycles. The van der Waals surface area contributed by atoms with Crippen molar-refractivity contribution in [2.24, 2.45) is 0 Å². The largest absolute Gasteiger partial charge is 0.0898 e. The molecule has 0 spiro atoms. The monoisotopic (exact) mass is 230 g/mol. The van der Waals surface area contributed by atoms with E-state index in [1.54, 1.807) is 0 Å². The molecule has 84 valence electrons. The lowest BCUT2D eigenvalue weighted by atomic mass is 9.87. The number of thioether (sulfide) groups is 1. The average molecular weight is 230 g/mol. The van der Waals surface area contributed by atoms with Gasteiger partial charge in [0.15, 0.2) is 0 Å². The number of allylic oxidation sites excluding steroid dienone is 3. The molecule has 1 unspecified atom stereocenters. The Labute approximate surface area is 102 Å². The van der Waals surface area contributed by atoms with E-state index >= 15 is 0 Å². The molecule has 1 aliphatic rings. The third-order valence-corrected chi connectivity index (χ3v) is 4.44. The van der Waals surface area contributed by atoms with Crippen molar-refractivity contribution in [1.82, 2.24) is 0 Å². The maximum absolute atomic E-state index is 2.27. The third kappa shape index (κ3) is 1.84. The van der Waals surface area contributed by atoms with Crippen LogP contribution in [0.2, 0.25) is 0 Å². The van der Waals surface area contributed by atoms with Crippen LogP contribution in [-0.4, -0.2) is 0 Å². The van der Waals surface area contributed by atoms with E-state index in [0.717, 1.165) is 0 Å². The second-order valence-corrected chi connectivity index (χ2v) is 5.08. The molecule has 2 rings (SSSR count). The maximum Gasteiger partial charge on any atom is 0.0160 e. The van der Waals surface area contributed by atoms with Crippen molar-refractivity contribution in [3.05, 3.63) is 52.5 Å². The highest BCUT2D eigenvalue weighted by Crippen LogP contribution is 2.48. The van der Waals surface area contributed by atoms with E-state index in [-0.39, 0.29) is 0 Å². The second-order valence-electron chi connectivity index (χ2n) is 4.00. The average Bonchev–Trinajstić information content (AvgIpc) is 2.36. The number of hydrogen-bond acceptors (Lipinski definition) is 1. The predicted octanol–water partition coefficient (Wildman–Crippen LogP) is 5.14. The lowest BCUT2D eigenvalue weighted by molar-refractivity contribution is 0.751. The zero-order valence-electron chi connectivity index (χ0n) is 10.2. The van der Waals surface area contributed by atoms with Gasteiger partial charge in [-0.3, -0.25) is 0 Å². The fraction of sp³-hybridized carbons (Fsp3) is 0.333. The molecule has 16 heavy (non-hydrogen) atoms. The molecule has 0 amide bonds. The van der Waals surface area contributed by atoms with E-state index in [0.29, 0.717) is 5.92 Å². The van der Waals surface area contributed by atoms with E-state index in [2.05, 4.69) is 57.2 Å². The Balaban J connectivity index is 2.56. The van der Waals surface area contributed by atoms with E-state index < -0.39 is 0 Å². The summed E-state index contributed by atoms with van der Waals surface area (Å²) in [5.41, 5.74) is 2.99. The van der Waals surface area contributed by atoms with Crippen molar-refractivity contribution >= 4 is 11.8 Å². The first-order valence-corrected chi connectivity index (χ1v) is 6.73. The number of benzene rings is 1. The summed E-state index contributed by atoms with van der Waals surface area (Å²) in [6.45, 7) is 6.55. The Morgan fingerprint density at radius 2 is 1.94 bits per heavy atom. The minimum atomic E-state index is 0.577. The van der Waals surface area contributed by atoms with Crippen LogP contribution in [0.5, 0.6) is 0 Å². The predicted molar refractivity (Wildman–Crippen MR) is 72.8 cm³/mol. The van der Waals surface area contributed by atoms with Gasteiger partial charge in [0.2, 0.25) is 0 Å². The first-order valence-electron chi connectivity index (χ1n) is 5.91. The van der Waals surface area contributed by atoms with Gasteiger partial charge in [-0.25, -0.2) is 0 Å². The fourth-order valence-corrected chi connectivity index (χ4v) is 3.59. The van der Waals surface area contributed by atoms with Crippen LogP contribution in [0.25, 0.3) is 0 Å². The van der Waals surface area contributed by atoms with Crippen molar-refractivity contribution in [1.29, 1.82) is 0 Å². The summed E-state index contributed by atoms with van der Waals surface area (Å²) in [5, 5.41) is 0. The van der Waals surface area contributed by atoms with Crippen LogP contribution in [-0.2, 0) is 0 Å². The molecule has 0 nitrogen and oxygen atoms in total. The molecule has 1 heteroatoms. The quantitative estimate of drug-likeness (QED) is 0.644. The van der Waals surface area contributed by atoms with Crippen molar-refractivity contribution in [2.75, 3.05) is 0 Å². The molecule has 0 radical (unpaired) electrons. The van der Waals surface area contributed by atoms with Crippen LogP contribution in [0.4, 0.5) is 0 Å². The van der Waals surface area contributed by atoms with Gasteiger partial charge in [-0.1, -0.05) is 49.0 Å². The van der Waals surface area contributed by atoms with Gasteiger partial charge in [0.05, 0.1) is 0 Å². The van der Waals surface area contributed by atoms with Crippen molar-refractivity contribution < 1.29 is 0 Å². The Hall–Kier alpha value is -0.950. The van der Waals surface area contributed by atoms with E-state index in [1.165, 1.54) is 27.4 Å². The van der Waals surface area contributed by atoms with Gasteiger partial charge >= 0.3 is 0 Å². The van der Waals surface area contributed by atoms with Gasteiger partial charge in [-0.15, -0.1) is 0 Å². The minimum Gasteiger partial charge on any atom is -0.0898 e. The zero-order valence-corrected chi connectivity index (χ0v) is 11.0. The van der Waals surface area contributed by atoms with Crippen molar-refractivity contribution in [2.45, 2.75) is 38.0 Å². The molecular formula is C15H18S. The third-order valence-electron chi connectivity index (χ3n) is 3.16. The number of rotatable bonds is 1. The summed E-state index contributed by atoms with van der Waals surface area (Å²) >= 11 is 1.90. The summed E-state index contributed by atoms with van der Waals surface area (Å²) in [6, 6.07) is 8.79. The van der Waals surface area contributed by atoms with Crippen LogP contribution in [0.1, 0.15) is 38.7 Å². The summed E-state index contributed by atoms with van der Waals surface area (Å²) in [6.07, 6.45) is 5.68. The van der Waals surface area contributed by atoms with Crippen LogP contribution in [0.3, 0.4) is 0 Å². The van der Waals surface area contributed by atoms with E-state index in [1.807, 2.05) is 11.8 Å². The molecule has 0 aromatic heterocycles. The van der Waals surface area contributed by atoms with Crippen LogP contribution < -0.4 is 0 Å². The lowest BCUT2D eigenvalue weighted by Crippen LogP contribution is -2.09. The Kier molecular flexibility index (Phi) is 3.55. The van der Waals surface area contributed by atoms with Gasteiger partial charge < -0.3 is 0 Å². The first kappa shape index (κ1) is 11.5. The Morgan fingerprint density at radius 1 is 1.19 bits per heavy atom. The van der Waals surface area contributed by atoms with Gasteiger partial charge in [-0.2, -0.15) is 0 Å². The zero-order chi connectivity index (χ0) is 11.5. The smallest absolute Gasteiger partial charge is 0.0160 e. The topological polar surface area (TPSA) is 0 Å². The van der Waals surface area contributed by atoms with Crippen LogP contribution in [0.15, 0.2) is 51.8 Å². The van der Waals surface area contributed by atoms with E-state index in [4.69, 9.17) is 0 Å². The highest BCUT2D eigenvalue weighted by molar-refractivity contribution is 8.03. The van der Waals surface area contributed by atoms with E-state index in [9.17, 15) is 0 Å². The normalized spacial score (nSPS) is 24.8. The fourth-order valence-electron chi connectivity index (χ4n) is 2.39. The molecule has 1 heterocycles. The van der Waals surface area contributed by atoms with Gasteiger partial charge in [-0.05, 0) is 37.5 Å². The number of hydrogen-bond donors (Lipinski definition) is 0. The summed E-state index contributed by atoms with van der Waals surface area (Å²) in [7, 11) is 0. The molecule has 1 atom stereocenters. The Bertz CT molecular complexity index is 441. The van der Waals surface area contributed by atoms with Gasteiger partial charge in [0.1, 0.15) is 0 Å². The molecule has 0 bridgehead atoms. The molecule has 0 N–H and O–H groups in total. The van der Waals surface area contributed by atoms with Gasteiger partial charge in [0.25, 0.3) is 0 Å². The molecule has 0 fully saturated rings. The number of fused-ring (bicyclic) bond motifs is 1. The van der Waals surface area contributed by atoms with Crippen molar-refractivity contribution in [3.63, 3.8) is 0 Å². The summed E-state index contributed by atoms with van der Waals surface area (Å²) in [4.78, 5) is 2.85. The molecule has 0 saturated carbocycles. The molecule has 1 aromatic carbocycles. The van der Waals surface area contributed by atoms with Gasteiger partial charge in [0, 0.05) is 15.7 Å². The van der Waals surface area contributed by atoms with Crippen LogP contribution >= 0.6 is 11.8 Å². The highest BCUT2D eigenvalue weighted by atomic mass is 32.2. The summed E-state index contributed by atoms with van der Waals surface area (Å²) < 4.78 is 0. The minimum absolute atomic E-state index is 0.577. The summed E-state index contributed by atoms with van der Waals surface area (Å²) in [5.74, 6) is 0.577. The first-order chi connectivity index (χ1) is 7.81. The molecular weight excluding hydrogens is 212 g/mol. The maximum atomic E-state index is 2.27. The Morgan fingerprint density at radius 3 is 2.56 bits per heavy atom. The van der Waals surface area contributed by atoms with Crippen molar-refractivity contribution in [3.8, 4) is 0 Å². The standard InChI is InChI=1S/C15H18S/c1-4-11-12(5-2)14(6-3)16-15-10-8-7-9-13(11)15/h5-11H,4H2,1-3H3/b12-5-,14-6+. The second kappa shape index (κ2) is 4.92. The lowest BCUT2D eigenvalue weighted by Gasteiger charge is -2.29. The highest BCUT2D eigenvalue weighted by Gasteiger charge is 2.25.